The van der Waals surface area contributed by atoms with Crippen LogP contribution in [0.1, 0.15) is 20.8 Å². The molecule has 1 radical (unpaired) electrons. The molecule has 0 N–H and O–H groups in total. The maximum Gasteiger partial charge on any atom is 0 e. The van der Waals surface area contributed by atoms with Gasteiger partial charge in [0.2, 0.25) is 0 Å². The van der Waals surface area contributed by atoms with Crippen molar-refractivity contribution >= 4 is 6.21 Å². The topological polar surface area (TPSA) is 12.4 Å². The summed E-state index contributed by atoms with van der Waals surface area (Å²) in [5.41, 5.74) is 1.30. The minimum atomic E-state index is 0. The van der Waals surface area contributed by atoms with E-state index in [-0.39, 0.29) is 7.43 Å². The first-order valence-corrected chi connectivity index (χ1v) is 3.95. The van der Waals surface area contributed by atoms with Gasteiger partial charge in [-0.2, -0.15) is 18.1 Å². The van der Waals surface area contributed by atoms with E-state index in [1.165, 1.54) is 11.5 Å². The zero-order chi connectivity index (χ0) is 8.27. The molecule has 1 rings (SSSR count). The average molecular weight is 425 g/mol. The van der Waals surface area contributed by atoms with Crippen LogP contribution in [0, 0.1) is 19.3 Å². The summed E-state index contributed by atoms with van der Waals surface area (Å²) < 4.78 is 0. The Morgan fingerprint density at radius 3 is 2.54 bits per heavy atom. The molecule has 0 saturated heterocycles. The first-order chi connectivity index (χ1) is 5.20. The van der Waals surface area contributed by atoms with Gasteiger partial charge in [-0.3, -0.25) is 0 Å². The molecule has 0 atom stereocenters. The smallest absolute Gasteiger partial charge is 0 e. The third kappa shape index (κ3) is 3.80. The van der Waals surface area contributed by atoms with Gasteiger partial charge in [0.15, 0.2) is 0 Å². The molecule has 0 amide bonds. The summed E-state index contributed by atoms with van der Waals surface area (Å²) in [4.78, 5) is 4.13. The van der Waals surface area contributed by atoms with Crippen molar-refractivity contribution in [2.24, 2.45) is 10.9 Å². The van der Waals surface area contributed by atoms with Gasteiger partial charge < -0.3 is 12.4 Å². The Morgan fingerprint density at radius 2 is 2.00 bits per heavy atom. The molecule has 1 aliphatic rings. The molecule has 0 unspecified atom stereocenters. The second kappa shape index (κ2) is 5.64. The number of aliphatic imine (C=N–C) groups is 1. The fraction of sp³-hybridized carbons (Fsp3) is 0.364. The van der Waals surface area contributed by atoms with Crippen molar-refractivity contribution in [1.29, 1.82) is 0 Å². The molecule has 13 heavy (non-hydrogen) atoms. The van der Waals surface area contributed by atoms with E-state index in [9.17, 15) is 0 Å². The Bertz CT molecular complexity index is 214. The van der Waals surface area contributed by atoms with Crippen LogP contribution >= 0.6 is 0 Å². The number of hydrogen-bond acceptors (Lipinski definition) is 1. The first kappa shape index (κ1) is 13.6. The van der Waals surface area contributed by atoms with Gasteiger partial charge in [-0.1, -0.05) is 32.9 Å². The van der Waals surface area contributed by atoms with Crippen LogP contribution in [0.4, 0.5) is 0 Å². The van der Waals surface area contributed by atoms with Gasteiger partial charge in [0.25, 0.3) is 0 Å². The average Bonchev–Trinajstić information content (AvgIpc) is 2.13. The van der Waals surface area contributed by atoms with Gasteiger partial charge in [0, 0.05) is 0 Å². The molecule has 0 saturated carbocycles. The zero-order valence-electron chi connectivity index (χ0n) is 8.59. The van der Waals surface area contributed by atoms with Crippen LogP contribution in [-0.4, -0.2) is 6.21 Å². The van der Waals surface area contributed by atoms with E-state index >= 15 is 0 Å². The summed E-state index contributed by atoms with van der Waals surface area (Å²) in [5, 5.41) is 0. The zero-order valence-corrected chi connectivity index (χ0v) is 10.7. The minimum Gasteiger partial charge on any atom is -0.358 e. The monoisotopic (exact) mass is 425 g/mol. The Hall–Kier alpha value is -1.98. The number of nitrogens with zero attached hydrogens (tertiary/aromatic N) is 1. The standard InChI is InChI=1S/C10H14N.CH3.Lr/c1-8(2)10-6-9(3)4-5-11-7-10;;/h4-8H,1-3H3;1H3;/q2*-1;. The number of allylic oxidation sites excluding steroid dienone is 3. The van der Waals surface area contributed by atoms with E-state index in [0.29, 0.717) is 5.92 Å². The Balaban J connectivity index is 0. The summed E-state index contributed by atoms with van der Waals surface area (Å²) in [6.45, 7) is 6.44. The fourth-order valence-corrected chi connectivity index (χ4v) is 0.954. The van der Waals surface area contributed by atoms with E-state index < -0.39 is 0 Å². The van der Waals surface area contributed by atoms with Crippen molar-refractivity contribution in [2.45, 2.75) is 20.8 Å². The molecule has 1 nitrogen and oxygen atoms in total. The van der Waals surface area contributed by atoms with Crippen molar-refractivity contribution < 1.29 is 0 Å². The Labute approximate surface area is 75.9 Å². The van der Waals surface area contributed by atoms with Crippen molar-refractivity contribution in [2.75, 3.05) is 0 Å². The van der Waals surface area contributed by atoms with Crippen molar-refractivity contribution in [1.82, 2.24) is 0 Å². The summed E-state index contributed by atoms with van der Waals surface area (Å²) in [6.07, 6.45) is 7.96. The van der Waals surface area contributed by atoms with Gasteiger partial charge >= 0.3 is 0 Å². The molecule has 1 heterocycles. The van der Waals surface area contributed by atoms with Crippen molar-refractivity contribution in [3.05, 3.63) is 37.3 Å². The third-order valence-electron chi connectivity index (χ3n) is 1.71. The summed E-state index contributed by atoms with van der Waals surface area (Å²) in [7, 11) is 0. The second-order valence-electron chi connectivity index (χ2n) is 3.14. The van der Waals surface area contributed by atoms with Crippen LogP contribution in [0.5, 0.6) is 0 Å². The predicted molar refractivity (Wildman–Crippen MR) is 55.9 cm³/mol. The van der Waals surface area contributed by atoms with E-state index in [0.717, 1.165) is 0 Å². The summed E-state index contributed by atoms with van der Waals surface area (Å²) >= 11 is 0. The Morgan fingerprint density at radius 1 is 1.38 bits per heavy atom. The Kier molecular flexibility index (Phi) is 5.90. The quantitative estimate of drug-likeness (QED) is 0.573. The minimum absolute atomic E-state index is 0. The van der Waals surface area contributed by atoms with Gasteiger partial charge in [0.05, 0.1) is 0 Å². The normalized spacial score (nSPS) is 14.5. The van der Waals surface area contributed by atoms with Crippen molar-refractivity contribution in [3.63, 3.8) is 0 Å². The van der Waals surface area contributed by atoms with Gasteiger partial charge in [-0.15, -0.1) is 5.57 Å². The summed E-state index contributed by atoms with van der Waals surface area (Å²) in [5.74, 6) is 1.83. The van der Waals surface area contributed by atoms with Crippen LogP contribution in [0.15, 0.2) is 28.9 Å². The number of rotatable bonds is 1. The molecule has 0 fully saturated rings. The molecular formula is C11H17LrN-2. The molecule has 1 aliphatic heterocycles. The maximum atomic E-state index is 4.13. The maximum absolute atomic E-state index is 4.13. The second-order valence-corrected chi connectivity index (χ2v) is 3.14. The molecular weight excluding hydrogens is 408 g/mol. The van der Waals surface area contributed by atoms with E-state index in [1.54, 1.807) is 0 Å². The number of hydrogen-bond donors (Lipinski definition) is 0. The van der Waals surface area contributed by atoms with Gasteiger partial charge in [-0.25, -0.2) is 0 Å². The molecule has 0 bridgehead atoms. The molecule has 2 heteroatoms. The van der Waals surface area contributed by atoms with Crippen molar-refractivity contribution in [3.8, 4) is 0 Å². The fourth-order valence-electron chi connectivity index (χ4n) is 0.954. The van der Waals surface area contributed by atoms with Gasteiger partial charge in [0.1, 0.15) is 0 Å². The first-order valence-electron chi connectivity index (χ1n) is 3.95. The van der Waals surface area contributed by atoms with E-state index in [1.807, 2.05) is 18.5 Å². The van der Waals surface area contributed by atoms with Crippen LogP contribution in [0.3, 0.4) is 0 Å². The van der Waals surface area contributed by atoms with Crippen LogP contribution in [0.25, 0.3) is 0 Å². The largest absolute Gasteiger partial charge is 0.358 e. The molecule has 0 aromatic carbocycles. The molecule has 0 aromatic heterocycles. The molecule has 83 valence electrons. The van der Waals surface area contributed by atoms with Crippen LogP contribution < -0.4 is 0 Å². The van der Waals surface area contributed by atoms with Gasteiger partial charge in [-0.05, 0) is 6.21 Å². The predicted octanol–water partition coefficient (Wildman–Crippen LogP) is 3.21. The SMILES string of the molecule is C[C-]1C=CN=CC(C(C)C)=C1.[CH3-].[Lr]. The molecule has 0 aromatic rings. The van der Waals surface area contributed by atoms with E-state index in [4.69, 9.17) is 0 Å². The third-order valence-corrected chi connectivity index (χ3v) is 1.71. The van der Waals surface area contributed by atoms with Crippen LogP contribution in [0.2, 0.25) is 0 Å². The molecule has 0 aliphatic carbocycles. The summed E-state index contributed by atoms with van der Waals surface area (Å²) in [6, 6.07) is 0. The van der Waals surface area contributed by atoms with Crippen LogP contribution in [-0.2, 0) is 0 Å². The molecule has 0 spiro atoms. The van der Waals surface area contributed by atoms with E-state index in [2.05, 4.69) is 31.8 Å².